The lowest BCUT2D eigenvalue weighted by Gasteiger charge is -2.13. The van der Waals surface area contributed by atoms with E-state index in [1.165, 1.54) is 24.9 Å². The summed E-state index contributed by atoms with van der Waals surface area (Å²) in [5, 5.41) is 0. The molecule has 2 rings (SSSR count). The largest absolute Gasteiger partial charge is 0.272 e. The van der Waals surface area contributed by atoms with Crippen LogP contribution in [0.25, 0.3) is 0 Å². The van der Waals surface area contributed by atoms with Gasteiger partial charge in [-0.2, -0.15) is 0 Å². The molecule has 0 aromatic heterocycles. The van der Waals surface area contributed by atoms with Gasteiger partial charge >= 0.3 is 0 Å². The van der Waals surface area contributed by atoms with Crippen LogP contribution in [0.15, 0.2) is 46.2 Å². The van der Waals surface area contributed by atoms with E-state index >= 15 is 0 Å². The van der Waals surface area contributed by atoms with Gasteiger partial charge in [-0.3, -0.25) is 20.4 Å². The van der Waals surface area contributed by atoms with Gasteiger partial charge in [-0.05, 0) is 63.2 Å². The quantitative estimate of drug-likeness (QED) is 0.489. The number of carbonyl (C=O) groups is 2. The van der Waals surface area contributed by atoms with E-state index in [9.17, 15) is 18.0 Å². The van der Waals surface area contributed by atoms with Crippen molar-refractivity contribution in [2.75, 3.05) is 12.8 Å². The Bertz CT molecular complexity index is 987. The summed E-state index contributed by atoms with van der Waals surface area (Å²) in [7, 11) is -2.39. The van der Waals surface area contributed by atoms with Crippen molar-refractivity contribution in [3.63, 3.8) is 0 Å². The van der Waals surface area contributed by atoms with Crippen molar-refractivity contribution in [2.45, 2.75) is 30.6 Å². The van der Waals surface area contributed by atoms with Crippen LogP contribution in [0.4, 0.5) is 0 Å². The van der Waals surface area contributed by atoms with E-state index in [0.717, 1.165) is 10.5 Å². The lowest BCUT2D eigenvalue weighted by atomic mass is 10.1. The van der Waals surface area contributed by atoms with Gasteiger partial charge in [-0.1, -0.05) is 17.7 Å². The van der Waals surface area contributed by atoms with E-state index in [1.807, 2.05) is 31.2 Å². The predicted molar refractivity (Wildman–Crippen MR) is 110 cm³/mol. The van der Waals surface area contributed by atoms with E-state index in [-0.39, 0.29) is 22.1 Å². The third-order valence-corrected chi connectivity index (χ3v) is 6.70. The van der Waals surface area contributed by atoms with Crippen LogP contribution in [0.5, 0.6) is 0 Å². The van der Waals surface area contributed by atoms with Gasteiger partial charge in [0, 0.05) is 10.5 Å². The number of sulfonamides is 1. The average Bonchev–Trinajstić information content (AvgIpc) is 2.67. The first-order valence-electron chi connectivity index (χ1n) is 8.47. The van der Waals surface area contributed by atoms with Gasteiger partial charge in [-0.15, -0.1) is 11.8 Å². The van der Waals surface area contributed by atoms with Crippen molar-refractivity contribution in [3.8, 4) is 0 Å². The molecule has 0 spiro atoms. The molecule has 150 valence electrons. The summed E-state index contributed by atoms with van der Waals surface area (Å²) in [5.74, 6) is -0.828. The van der Waals surface area contributed by atoms with Crippen LogP contribution in [0.3, 0.4) is 0 Å². The van der Waals surface area contributed by atoms with Crippen molar-refractivity contribution in [1.82, 2.24) is 15.6 Å². The number of carbonyl (C=O) groups excluding carboxylic acids is 2. The highest BCUT2D eigenvalue weighted by molar-refractivity contribution is 8.00. The normalized spacial score (nSPS) is 11.1. The van der Waals surface area contributed by atoms with E-state index in [2.05, 4.69) is 15.6 Å². The van der Waals surface area contributed by atoms with E-state index in [4.69, 9.17) is 0 Å². The molecule has 7 nitrogen and oxygen atoms in total. The van der Waals surface area contributed by atoms with Crippen LogP contribution in [0.1, 0.15) is 27.0 Å². The number of hydrogen-bond acceptors (Lipinski definition) is 5. The highest BCUT2D eigenvalue weighted by Crippen LogP contribution is 2.21. The molecule has 0 unspecified atom stereocenters. The number of amides is 2. The first kappa shape index (κ1) is 21.9. The van der Waals surface area contributed by atoms with Crippen LogP contribution < -0.4 is 15.6 Å². The van der Waals surface area contributed by atoms with Crippen LogP contribution in [-0.2, 0) is 14.8 Å². The number of thioether (sulfide) groups is 1. The summed E-state index contributed by atoms with van der Waals surface area (Å²) in [5.41, 5.74) is 7.16. The Morgan fingerprint density at radius 1 is 1.00 bits per heavy atom. The number of nitrogens with one attached hydrogen (secondary N) is 3. The van der Waals surface area contributed by atoms with E-state index < -0.39 is 15.9 Å². The number of benzene rings is 2. The van der Waals surface area contributed by atoms with Gasteiger partial charge in [0.1, 0.15) is 0 Å². The maximum atomic E-state index is 12.3. The van der Waals surface area contributed by atoms with E-state index in [1.54, 1.807) is 19.9 Å². The summed E-state index contributed by atoms with van der Waals surface area (Å²) in [6.07, 6.45) is 0. The maximum Gasteiger partial charge on any atom is 0.269 e. The third-order valence-electron chi connectivity index (χ3n) is 4.15. The highest BCUT2D eigenvalue weighted by Gasteiger charge is 2.19. The van der Waals surface area contributed by atoms with Gasteiger partial charge in [0.05, 0.1) is 10.6 Å². The Morgan fingerprint density at radius 3 is 2.25 bits per heavy atom. The fourth-order valence-electron chi connectivity index (χ4n) is 2.37. The molecule has 0 radical (unpaired) electrons. The SMILES string of the molecule is CNS(=O)(=O)c1cc(C(=O)NNC(=O)CSc2ccc(C)cc2)cc(C)c1C. The van der Waals surface area contributed by atoms with Gasteiger partial charge in [0.25, 0.3) is 5.91 Å². The molecule has 0 bridgehead atoms. The average molecular weight is 422 g/mol. The molecule has 0 atom stereocenters. The Hall–Kier alpha value is -2.36. The molecule has 0 saturated heterocycles. The predicted octanol–water partition coefficient (Wildman–Crippen LogP) is 2.07. The molecule has 0 saturated carbocycles. The number of aryl methyl sites for hydroxylation is 2. The van der Waals surface area contributed by atoms with Crippen molar-refractivity contribution in [1.29, 1.82) is 0 Å². The van der Waals surface area contributed by atoms with Crippen molar-refractivity contribution in [3.05, 3.63) is 58.7 Å². The minimum Gasteiger partial charge on any atom is -0.272 e. The van der Waals surface area contributed by atoms with E-state index in [0.29, 0.717) is 11.1 Å². The summed E-state index contributed by atoms with van der Waals surface area (Å²) in [6, 6.07) is 10.6. The smallest absolute Gasteiger partial charge is 0.269 e. The van der Waals surface area contributed by atoms with Crippen molar-refractivity contribution >= 4 is 33.6 Å². The fraction of sp³-hybridized carbons (Fsp3) is 0.263. The first-order chi connectivity index (χ1) is 13.1. The molecule has 2 aromatic rings. The first-order valence-corrected chi connectivity index (χ1v) is 10.9. The molecule has 0 heterocycles. The molecule has 9 heteroatoms. The Kier molecular flexibility index (Phi) is 7.22. The number of hydrazine groups is 1. The van der Waals surface area contributed by atoms with Crippen LogP contribution >= 0.6 is 11.8 Å². The number of hydrogen-bond donors (Lipinski definition) is 3. The van der Waals surface area contributed by atoms with Crippen LogP contribution in [0, 0.1) is 20.8 Å². The number of rotatable bonds is 6. The third kappa shape index (κ3) is 5.57. The minimum atomic E-state index is -3.70. The molecule has 0 aliphatic carbocycles. The topological polar surface area (TPSA) is 104 Å². The summed E-state index contributed by atoms with van der Waals surface area (Å²) < 4.78 is 26.5. The molecule has 0 fully saturated rings. The molecule has 2 aromatic carbocycles. The van der Waals surface area contributed by atoms with Crippen LogP contribution in [0.2, 0.25) is 0 Å². The zero-order valence-corrected chi connectivity index (χ0v) is 17.8. The standard InChI is InChI=1S/C19H23N3O4S2/c1-12-5-7-16(8-6-12)27-11-18(23)21-22-19(24)15-9-13(2)14(3)17(10-15)28(25,26)20-4/h5-10,20H,11H2,1-4H3,(H,21,23)(H,22,24). The molecular weight excluding hydrogens is 398 g/mol. The van der Waals surface area contributed by atoms with Crippen molar-refractivity contribution in [2.24, 2.45) is 0 Å². The summed E-state index contributed by atoms with van der Waals surface area (Å²) in [4.78, 5) is 25.3. The summed E-state index contributed by atoms with van der Waals surface area (Å²) in [6.45, 7) is 5.37. The molecule has 2 amide bonds. The second-order valence-corrected chi connectivity index (χ2v) is 9.13. The Labute approximate surface area is 169 Å². The maximum absolute atomic E-state index is 12.3. The van der Waals surface area contributed by atoms with Crippen LogP contribution in [-0.4, -0.2) is 33.0 Å². The van der Waals surface area contributed by atoms with Gasteiger partial charge in [0.2, 0.25) is 15.9 Å². The lowest BCUT2D eigenvalue weighted by Crippen LogP contribution is -2.42. The lowest BCUT2D eigenvalue weighted by molar-refractivity contribution is -0.119. The molecule has 0 aliphatic rings. The molecular formula is C19H23N3O4S2. The molecule has 0 aliphatic heterocycles. The van der Waals surface area contributed by atoms with Crippen molar-refractivity contribution < 1.29 is 18.0 Å². The second-order valence-electron chi connectivity index (χ2n) is 6.23. The zero-order chi connectivity index (χ0) is 20.9. The minimum absolute atomic E-state index is 0.0291. The monoisotopic (exact) mass is 421 g/mol. The molecule has 28 heavy (non-hydrogen) atoms. The summed E-state index contributed by atoms with van der Waals surface area (Å²) >= 11 is 1.35. The Balaban J connectivity index is 2.01. The van der Waals surface area contributed by atoms with Gasteiger partial charge in [-0.25, -0.2) is 13.1 Å². The highest BCUT2D eigenvalue weighted by atomic mass is 32.2. The fourth-order valence-corrected chi connectivity index (χ4v) is 4.13. The molecule has 3 N–H and O–H groups in total. The van der Waals surface area contributed by atoms with Gasteiger partial charge < -0.3 is 0 Å². The second kappa shape index (κ2) is 9.22. The Morgan fingerprint density at radius 2 is 1.64 bits per heavy atom. The zero-order valence-electron chi connectivity index (χ0n) is 16.1. The van der Waals surface area contributed by atoms with Gasteiger partial charge in [0.15, 0.2) is 0 Å².